The first kappa shape index (κ1) is 10.5. The molecule has 0 aromatic carbocycles. The molecule has 2 nitrogen and oxygen atoms in total. The first-order valence-electron chi connectivity index (χ1n) is 5.43. The second-order valence-corrected chi connectivity index (χ2v) is 4.12. The van der Waals surface area contributed by atoms with E-state index in [2.05, 4.69) is 25.2 Å². The summed E-state index contributed by atoms with van der Waals surface area (Å²) in [6.07, 6.45) is 6.17. The van der Waals surface area contributed by atoms with Gasteiger partial charge in [-0.25, -0.2) is 0 Å². The molecule has 3 atom stereocenters. The predicted octanol–water partition coefficient (Wildman–Crippen LogP) is 2.46. The van der Waals surface area contributed by atoms with E-state index in [9.17, 15) is 0 Å². The maximum Gasteiger partial charge on any atom is 0.0952 e. The Labute approximate surface area is 81.3 Å². The Morgan fingerprint density at radius 2 is 2.15 bits per heavy atom. The third kappa shape index (κ3) is 3.00. The van der Waals surface area contributed by atoms with Crippen LogP contribution in [0.2, 0.25) is 0 Å². The molecule has 13 heavy (non-hydrogen) atoms. The Morgan fingerprint density at radius 3 is 2.69 bits per heavy atom. The molecule has 0 amide bonds. The van der Waals surface area contributed by atoms with E-state index in [1.54, 1.807) is 0 Å². The van der Waals surface area contributed by atoms with Crippen molar-refractivity contribution >= 4 is 0 Å². The highest BCUT2D eigenvalue weighted by Crippen LogP contribution is 2.24. The van der Waals surface area contributed by atoms with Gasteiger partial charge in [-0.2, -0.15) is 5.26 Å². The Morgan fingerprint density at radius 1 is 1.46 bits per heavy atom. The molecule has 74 valence electrons. The third-order valence-electron chi connectivity index (χ3n) is 3.09. The molecule has 2 heteroatoms. The molecule has 0 heterocycles. The van der Waals surface area contributed by atoms with Crippen molar-refractivity contribution in [1.82, 2.24) is 5.32 Å². The lowest BCUT2D eigenvalue weighted by Gasteiger charge is -2.31. The van der Waals surface area contributed by atoms with E-state index in [-0.39, 0.29) is 6.04 Å². The van der Waals surface area contributed by atoms with Gasteiger partial charge in [-0.05, 0) is 25.2 Å². The molecule has 0 aromatic rings. The summed E-state index contributed by atoms with van der Waals surface area (Å²) < 4.78 is 0. The fourth-order valence-corrected chi connectivity index (χ4v) is 2.07. The molecule has 1 fully saturated rings. The zero-order chi connectivity index (χ0) is 9.68. The summed E-state index contributed by atoms with van der Waals surface area (Å²) in [6.45, 7) is 4.36. The van der Waals surface area contributed by atoms with Crippen molar-refractivity contribution in [2.75, 3.05) is 0 Å². The molecular weight excluding hydrogens is 160 g/mol. The van der Waals surface area contributed by atoms with E-state index in [0.29, 0.717) is 6.04 Å². The summed E-state index contributed by atoms with van der Waals surface area (Å²) in [5.41, 5.74) is 0. The number of hydrogen-bond donors (Lipinski definition) is 1. The van der Waals surface area contributed by atoms with Gasteiger partial charge in [-0.1, -0.05) is 26.7 Å². The van der Waals surface area contributed by atoms with Crippen LogP contribution in [0, 0.1) is 17.2 Å². The fourth-order valence-electron chi connectivity index (χ4n) is 2.07. The maximum absolute atomic E-state index is 8.83. The van der Waals surface area contributed by atoms with Gasteiger partial charge in [0.05, 0.1) is 12.1 Å². The Kier molecular flexibility index (Phi) is 4.24. The van der Waals surface area contributed by atoms with Crippen molar-refractivity contribution in [2.45, 2.75) is 58.0 Å². The van der Waals surface area contributed by atoms with Gasteiger partial charge in [-0.15, -0.1) is 0 Å². The minimum atomic E-state index is 0.0607. The van der Waals surface area contributed by atoms with Gasteiger partial charge < -0.3 is 0 Å². The molecule has 0 saturated heterocycles. The molecule has 0 aromatic heterocycles. The molecule has 0 radical (unpaired) electrons. The smallest absolute Gasteiger partial charge is 0.0952 e. The highest BCUT2D eigenvalue weighted by Gasteiger charge is 2.22. The number of hydrogen-bond acceptors (Lipinski definition) is 2. The maximum atomic E-state index is 8.83. The van der Waals surface area contributed by atoms with Crippen molar-refractivity contribution in [3.63, 3.8) is 0 Å². The van der Waals surface area contributed by atoms with Crippen molar-refractivity contribution in [3.8, 4) is 6.07 Å². The Bertz CT molecular complexity index is 183. The summed E-state index contributed by atoms with van der Waals surface area (Å²) in [4.78, 5) is 0. The van der Waals surface area contributed by atoms with E-state index in [0.717, 1.165) is 12.3 Å². The highest BCUT2D eigenvalue weighted by atomic mass is 15.0. The van der Waals surface area contributed by atoms with Crippen LogP contribution >= 0.6 is 0 Å². The topological polar surface area (TPSA) is 35.8 Å². The average molecular weight is 180 g/mol. The van der Waals surface area contributed by atoms with Crippen LogP contribution in [0.4, 0.5) is 0 Å². The average Bonchev–Trinajstić information content (AvgIpc) is 2.17. The van der Waals surface area contributed by atoms with Gasteiger partial charge in [0.25, 0.3) is 0 Å². The van der Waals surface area contributed by atoms with Gasteiger partial charge in [0.2, 0.25) is 0 Å². The van der Waals surface area contributed by atoms with E-state index in [1.807, 2.05) is 0 Å². The van der Waals surface area contributed by atoms with Crippen LogP contribution in [0.3, 0.4) is 0 Å². The number of rotatable bonds is 3. The summed E-state index contributed by atoms with van der Waals surface area (Å²) in [7, 11) is 0. The molecule has 1 aliphatic rings. The number of nitrogens with one attached hydrogen (secondary N) is 1. The summed E-state index contributed by atoms with van der Waals surface area (Å²) >= 11 is 0. The molecule has 1 N–H and O–H groups in total. The van der Waals surface area contributed by atoms with Crippen molar-refractivity contribution in [2.24, 2.45) is 5.92 Å². The lowest BCUT2D eigenvalue weighted by molar-refractivity contribution is 0.269. The molecule has 1 aliphatic carbocycles. The summed E-state index contributed by atoms with van der Waals surface area (Å²) in [5.74, 6) is 0.746. The first-order valence-corrected chi connectivity index (χ1v) is 5.43. The van der Waals surface area contributed by atoms with Gasteiger partial charge in [0.1, 0.15) is 0 Å². The zero-order valence-electron chi connectivity index (χ0n) is 8.71. The molecule has 3 unspecified atom stereocenters. The second-order valence-electron chi connectivity index (χ2n) is 4.12. The van der Waals surface area contributed by atoms with Crippen molar-refractivity contribution in [3.05, 3.63) is 0 Å². The van der Waals surface area contributed by atoms with Crippen LogP contribution in [0.1, 0.15) is 46.0 Å². The highest BCUT2D eigenvalue weighted by molar-refractivity contribution is 4.92. The number of nitriles is 1. The molecular formula is C11H20N2. The standard InChI is InChI=1S/C11H20N2/c1-3-10(8-12)13-11-7-5-4-6-9(11)2/h9-11,13H,3-7H2,1-2H3. The monoisotopic (exact) mass is 180 g/mol. The van der Waals surface area contributed by atoms with Crippen LogP contribution in [-0.2, 0) is 0 Å². The van der Waals surface area contributed by atoms with E-state index in [1.165, 1.54) is 25.7 Å². The summed E-state index contributed by atoms with van der Waals surface area (Å²) in [5, 5.41) is 12.3. The molecule has 1 saturated carbocycles. The van der Waals surface area contributed by atoms with E-state index in [4.69, 9.17) is 5.26 Å². The molecule has 0 spiro atoms. The van der Waals surface area contributed by atoms with Gasteiger partial charge in [0.15, 0.2) is 0 Å². The Hall–Kier alpha value is -0.550. The lowest BCUT2D eigenvalue weighted by Crippen LogP contribution is -2.42. The van der Waals surface area contributed by atoms with Crippen LogP contribution < -0.4 is 5.32 Å². The van der Waals surface area contributed by atoms with Crippen molar-refractivity contribution < 1.29 is 0 Å². The van der Waals surface area contributed by atoms with Crippen molar-refractivity contribution in [1.29, 1.82) is 5.26 Å². The van der Waals surface area contributed by atoms with E-state index < -0.39 is 0 Å². The predicted molar refractivity (Wildman–Crippen MR) is 54.2 cm³/mol. The molecule has 0 aliphatic heterocycles. The second kappa shape index (κ2) is 5.24. The molecule has 0 bridgehead atoms. The zero-order valence-corrected chi connectivity index (χ0v) is 8.71. The van der Waals surface area contributed by atoms with Crippen LogP contribution in [0.15, 0.2) is 0 Å². The third-order valence-corrected chi connectivity index (χ3v) is 3.09. The lowest BCUT2D eigenvalue weighted by atomic mass is 9.85. The van der Waals surface area contributed by atoms with E-state index >= 15 is 0 Å². The van der Waals surface area contributed by atoms with Crippen LogP contribution in [-0.4, -0.2) is 12.1 Å². The quantitative estimate of drug-likeness (QED) is 0.724. The Balaban J connectivity index is 2.37. The SMILES string of the molecule is CCC(C#N)NC1CCCCC1C. The normalized spacial score (nSPS) is 30.8. The molecule has 1 rings (SSSR count). The van der Waals surface area contributed by atoms with Gasteiger partial charge in [-0.3, -0.25) is 5.32 Å². The van der Waals surface area contributed by atoms with Gasteiger partial charge in [0, 0.05) is 6.04 Å². The minimum absolute atomic E-state index is 0.0607. The van der Waals surface area contributed by atoms with Gasteiger partial charge >= 0.3 is 0 Å². The minimum Gasteiger partial charge on any atom is -0.299 e. The van der Waals surface area contributed by atoms with Crippen LogP contribution in [0.25, 0.3) is 0 Å². The fraction of sp³-hybridized carbons (Fsp3) is 0.909. The van der Waals surface area contributed by atoms with Crippen LogP contribution in [0.5, 0.6) is 0 Å². The number of nitrogens with zero attached hydrogens (tertiary/aromatic N) is 1. The largest absolute Gasteiger partial charge is 0.299 e. The summed E-state index contributed by atoms with van der Waals surface area (Å²) in [6, 6.07) is 2.95. The first-order chi connectivity index (χ1) is 6.27.